The molecule has 1 amide bonds. The second kappa shape index (κ2) is 5.27. The molecule has 0 aromatic heterocycles. The lowest BCUT2D eigenvalue weighted by molar-refractivity contribution is 0.102. The number of carbonyl (C=O) groups excluding carboxylic acids is 1. The minimum atomic E-state index is -0.693. The number of nitriles is 1. The average molecular weight is 258 g/mol. The first-order valence-electron chi connectivity index (χ1n) is 5.37. The summed E-state index contributed by atoms with van der Waals surface area (Å²) in [6, 6.07) is 10.6. The molecule has 94 valence electrons. The number of benzene rings is 2. The minimum Gasteiger partial charge on any atom is -0.321 e. The summed E-state index contributed by atoms with van der Waals surface area (Å²) >= 11 is 0. The number of hydrogen-bond donors (Lipinski definition) is 1. The van der Waals surface area contributed by atoms with Crippen LogP contribution in [0.1, 0.15) is 15.9 Å². The molecule has 0 bridgehead atoms. The molecule has 0 aliphatic rings. The molecular formula is C14H8F2N2O. The SMILES string of the molecule is N#Cc1cc(F)ccc1NC(=O)c1ccccc1F. The standard InChI is InChI=1S/C14H8F2N2O/c15-10-5-6-13(9(7-10)8-17)18-14(19)11-3-1-2-4-12(11)16/h1-7H,(H,18,19). The average Bonchev–Trinajstić information content (AvgIpc) is 2.41. The minimum absolute atomic E-state index is 0.0234. The molecule has 0 unspecified atom stereocenters. The van der Waals surface area contributed by atoms with E-state index in [1.165, 1.54) is 24.3 Å². The van der Waals surface area contributed by atoms with Crippen LogP contribution >= 0.6 is 0 Å². The summed E-state index contributed by atoms with van der Waals surface area (Å²) in [4.78, 5) is 11.8. The molecule has 19 heavy (non-hydrogen) atoms. The van der Waals surface area contributed by atoms with Crippen molar-refractivity contribution < 1.29 is 13.6 Å². The Morgan fingerprint density at radius 3 is 2.58 bits per heavy atom. The Balaban J connectivity index is 2.30. The maximum Gasteiger partial charge on any atom is 0.258 e. The molecule has 0 radical (unpaired) electrons. The van der Waals surface area contributed by atoms with Crippen LogP contribution in [-0.4, -0.2) is 5.91 Å². The van der Waals surface area contributed by atoms with Gasteiger partial charge < -0.3 is 5.32 Å². The van der Waals surface area contributed by atoms with Gasteiger partial charge in [-0.1, -0.05) is 12.1 Å². The van der Waals surface area contributed by atoms with Crippen LogP contribution in [-0.2, 0) is 0 Å². The summed E-state index contributed by atoms with van der Waals surface area (Å²) in [5.74, 6) is -1.94. The Hall–Kier alpha value is -2.74. The Kier molecular flexibility index (Phi) is 3.53. The second-order valence-electron chi connectivity index (χ2n) is 3.74. The molecule has 0 aliphatic heterocycles. The summed E-state index contributed by atoms with van der Waals surface area (Å²) in [5.41, 5.74) is -0.0300. The zero-order chi connectivity index (χ0) is 13.8. The van der Waals surface area contributed by atoms with E-state index in [4.69, 9.17) is 5.26 Å². The van der Waals surface area contributed by atoms with Crippen LogP contribution in [0.2, 0.25) is 0 Å². The Morgan fingerprint density at radius 1 is 1.16 bits per heavy atom. The van der Waals surface area contributed by atoms with Gasteiger partial charge in [0, 0.05) is 0 Å². The Labute approximate surface area is 108 Å². The number of amides is 1. The second-order valence-corrected chi connectivity index (χ2v) is 3.74. The fraction of sp³-hybridized carbons (Fsp3) is 0. The molecule has 2 aromatic carbocycles. The number of halogens is 2. The van der Waals surface area contributed by atoms with Crippen molar-refractivity contribution in [1.29, 1.82) is 5.26 Å². The third-order valence-electron chi connectivity index (χ3n) is 2.47. The molecule has 0 fully saturated rings. The largest absolute Gasteiger partial charge is 0.321 e. The number of nitrogens with one attached hydrogen (secondary N) is 1. The van der Waals surface area contributed by atoms with Gasteiger partial charge in [0.15, 0.2) is 0 Å². The van der Waals surface area contributed by atoms with Gasteiger partial charge in [-0.15, -0.1) is 0 Å². The van der Waals surface area contributed by atoms with Crippen molar-refractivity contribution in [3.63, 3.8) is 0 Å². The van der Waals surface area contributed by atoms with Crippen molar-refractivity contribution >= 4 is 11.6 Å². The van der Waals surface area contributed by atoms with E-state index >= 15 is 0 Å². The third kappa shape index (κ3) is 2.75. The van der Waals surface area contributed by atoms with E-state index in [9.17, 15) is 13.6 Å². The van der Waals surface area contributed by atoms with E-state index in [1.807, 2.05) is 0 Å². The smallest absolute Gasteiger partial charge is 0.258 e. The van der Waals surface area contributed by atoms with Crippen LogP contribution in [0.3, 0.4) is 0 Å². The first-order chi connectivity index (χ1) is 9.11. The van der Waals surface area contributed by atoms with Gasteiger partial charge in [-0.25, -0.2) is 8.78 Å². The topological polar surface area (TPSA) is 52.9 Å². The van der Waals surface area contributed by atoms with Crippen molar-refractivity contribution in [3.8, 4) is 6.07 Å². The highest BCUT2D eigenvalue weighted by Gasteiger charge is 2.13. The molecule has 0 spiro atoms. The molecular weight excluding hydrogens is 250 g/mol. The number of anilines is 1. The van der Waals surface area contributed by atoms with Gasteiger partial charge in [-0.3, -0.25) is 4.79 Å². The molecule has 0 aliphatic carbocycles. The molecule has 2 aromatic rings. The van der Waals surface area contributed by atoms with Crippen LogP contribution in [0.15, 0.2) is 42.5 Å². The first-order valence-corrected chi connectivity index (χ1v) is 5.37. The van der Waals surface area contributed by atoms with Crippen LogP contribution in [0.5, 0.6) is 0 Å². The lowest BCUT2D eigenvalue weighted by Gasteiger charge is -2.07. The van der Waals surface area contributed by atoms with Crippen LogP contribution < -0.4 is 5.32 Å². The third-order valence-corrected chi connectivity index (χ3v) is 2.47. The zero-order valence-electron chi connectivity index (χ0n) is 9.65. The summed E-state index contributed by atoms with van der Waals surface area (Å²) in [5, 5.41) is 11.2. The summed E-state index contributed by atoms with van der Waals surface area (Å²) in [6.07, 6.45) is 0. The van der Waals surface area contributed by atoms with E-state index < -0.39 is 17.5 Å². The fourth-order valence-electron chi connectivity index (χ4n) is 1.55. The van der Waals surface area contributed by atoms with E-state index in [2.05, 4.69) is 5.32 Å². The maximum absolute atomic E-state index is 13.4. The van der Waals surface area contributed by atoms with Gasteiger partial charge in [0.25, 0.3) is 5.91 Å². The van der Waals surface area contributed by atoms with Crippen molar-refractivity contribution in [1.82, 2.24) is 0 Å². The molecule has 0 saturated carbocycles. The summed E-state index contributed by atoms with van der Waals surface area (Å²) < 4.78 is 26.3. The molecule has 0 heterocycles. The van der Waals surface area contributed by atoms with Crippen LogP contribution in [0.4, 0.5) is 14.5 Å². The van der Waals surface area contributed by atoms with Crippen molar-refractivity contribution in [3.05, 3.63) is 65.2 Å². The number of rotatable bonds is 2. The van der Waals surface area contributed by atoms with Gasteiger partial charge in [-0.05, 0) is 30.3 Å². The number of nitrogens with zero attached hydrogens (tertiary/aromatic N) is 1. The predicted molar refractivity (Wildman–Crippen MR) is 65.5 cm³/mol. The Morgan fingerprint density at radius 2 is 1.89 bits per heavy atom. The normalized spacial score (nSPS) is 9.74. The molecule has 3 nitrogen and oxygen atoms in total. The first kappa shape index (κ1) is 12.7. The summed E-state index contributed by atoms with van der Waals surface area (Å²) in [7, 11) is 0. The number of carbonyl (C=O) groups is 1. The van der Waals surface area contributed by atoms with Crippen molar-refractivity contribution in [2.24, 2.45) is 0 Å². The predicted octanol–water partition coefficient (Wildman–Crippen LogP) is 3.09. The summed E-state index contributed by atoms with van der Waals surface area (Å²) in [6.45, 7) is 0. The quantitative estimate of drug-likeness (QED) is 0.899. The van der Waals surface area contributed by atoms with E-state index in [-0.39, 0.29) is 16.8 Å². The van der Waals surface area contributed by atoms with Gasteiger partial charge in [0.1, 0.15) is 17.7 Å². The molecule has 5 heteroatoms. The van der Waals surface area contributed by atoms with Crippen molar-refractivity contribution in [2.75, 3.05) is 5.32 Å². The van der Waals surface area contributed by atoms with Gasteiger partial charge in [0.2, 0.25) is 0 Å². The van der Waals surface area contributed by atoms with Gasteiger partial charge >= 0.3 is 0 Å². The highest BCUT2D eigenvalue weighted by atomic mass is 19.1. The zero-order valence-corrected chi connectivity index (χ0v) is 9.65. The molecule has 0 saturated heterocycles. The van der Waals surface area contributed by atoms with Crippen LogP contribution in [0, 0.1) is 23.0 Å². The Bertz CT molecular complexity index is 677. The lowest BCUT2D eigenvalue weighted by atomic mass is 10.1. The van der Waals surface area contributed by atoms with E-state index in [0.29, 0.717) is 0 Å². The molecule has 0 atom stereocenters. The van der Waals surface area contributed by atoms with Crippen molar-refractivity contribution in [2.45, 2.75) is 0 Å². The highest BCUT2D eigenvalue weighted by Crippen LogP contribution is 2.17. The van der Waals surface area contributed by atoms with E-state index in [0.717, 1.165) is 18.2 Å². The van der Waals surface area contributed by atoms with Crippen LogP contribution in [0.25, 0.3) is 0 Å². The monoisotopic (exact) mass is 258 g/mol. The van der Waals surface area contributed by atoms with E-state index in [1.54, 1.807) is 6.07 Å². The van der Waals surface area contributed by atoms with Gasteiger partial charge in [-0.2, -0.15) is 5.26 Å². The number of hydrogen-bond acceptors (Lipinski definition) is 2. The lowest BCUT2D eigenvalue weighted by Crippen LogP contribution is -2.14. The molecule has 1 N–H and O–H groups in total. The van der Waals surface area contributed by atoms with Gasteiger partial charge in [0.05, 0.1) is 16.8 Å². The maximum atomic E-state index is 13.4. The molecule has 2 rings (SSSR count). The highest BCUT2D eigenvalue weighted by molar-refractivity contribution is 6.05. The fourth-order valence-corrected chi connectivity index (χ4v) is 1.55.